The molecule has 5 heteroatoms. The number of piperidine rings is 2. The van der Waals surface area contributed by atoms with Crippen molar-refractivity contribution in [3.05, 3.63) is 35.1 Å². The van der Waals surface area contributed by atoms with E-state index in [-0.39, 0.29) is 23.7 Å². The highest BCUT2D eigenvalue weighted by Crippen LogP contribution is 2.40. The Hall–Kier alpha value is -1.46. The maximum absolute atomic E-state index is 13.6. The third kappa shape index (κ3) is 4.59. The molecule has 138 valence electrons. The van der Waals surface area contributed by atoms with Crippen LogP contribution in [0.1, 0.15) is 43.2 Å². The maximum atomic E-state index is 13.6. The van der Waals surface area contributed by atoms with Gasteiger partial charge in [-0.2, -0.15) is 0 Å². The number of hydrogen-bond acceptors (Lipinski definition) is 3. The predicted molar refractivity (Wildman–Crippen MR) is 95.6 cm³/mol. The third-order valence-corrected chi connectivity index (χ3v) is 5.76. The number of aliphatic hydroxyl groups is 1. The number of benzene rings is 1. The summed E-state index contributed by atoms with van der Waals surface area (Å²) in [6.45, 7) is 6.36. The Bertz CT molecular complexity index is 591. The molecule has 1 N–H and O–H groups in total. The lowest BCUT2D eigenvalue weighted by atomic mass is 9.72. The van der Waals surface area contributed by atoms with E-state index >= 15 is 0 Å². The lowest BCUT2D eigenvalue weighted by Crippen LogP contribution is -2.51. The molecule has 0 radical (unpaired) electrons. The standard InChI is InChI=1S/C20H29FN2O2/c1-16-11-17(13-18(21)12-16)14-22-8-5-20(6-9-22)4-3-19(25)23(15-20)7-2-10-24/h11-13,24H,2-10,14-15H2,1H3. The van der Waals surface area contributed by atoms with Crippen LogP contribution < -0.4 is 0 Å². The number of carbonyl (C=O) groups is 1. The van der Waals surface area contributed by atoms with Gasteiger partial charge in [0.15, 0.2) is 0 Å². The summed E-state index contributed by atoms with van der Waals surface area (Å²) in [4.78, 5) is 16.4. The molecule has 0 aliphatic carbocycles. The predicted octanol–water partition coefficient (Wildman–Crippen LogP) is 2.72. The van der Waals surface area contributed by atoms with Gasteiger partial charge in [-0.25, -0.2) is 4.39 Å². The van der Waals surface area contributed by atoms with Gasteiger partial charge in [-0.1, -0.05) is 6.07 Å². The zero-order valence-electron chi connectivity index (χ0n) is 15.1. The second-order valence-corrected chi connectivity index (χ2v) is 7.81. The second kappa shape index (κ2) is 7.83. The summed E-state index contributed by atoms with van der Waals surface area (Å²) in [5.74, 6) is 0.0746. The van der Waals surface area contributed by atoms with E-state index in [9.17, 15) is 9.18 Å². The molecular weight excluding hydrogens is 319 g/mol. The van der Waals surface area contributed by atoms with Gasteiger partial charge in [0.25, 0.3) is 0 Å². The van der Waals surface area contributed by atoms with E-state index in [0.717, 1.165) is 56.6 Å². The molecule has 0 atom stereocenters. The Morgan fingerprint density at radius 3 is 2.64 bits per heavy atom. The first-order chi connectivity index (χ1) is 12.0. The lowest BCUT2D eigenvalue weighted by Gasteiger charge is -2.47. The highest BCUT2D eigenvalue weighted by Gasteiger charge is 2.40. The molecule has 2 heterocycles. The zero-order valence-corrected chi connectivity index (χ0v) is 15.1. The SMILES string of the molecule is Cc1cc(F)cc(CN2CCC3(CCC(=O)N(CCCO)C3)CC2)c1. The monoisotopic (exact) mass is 348 g/mol. The first kappa shape index (κ1) is 18.3. The van der Waals surface area contributed by atoms with Gasteiger partial charge in [0.2, 0.25) is 5.91 Å². The van der Waals surface area contributed by atoms with Crippen LogP contribution in [0.2, 0.25) is 0 Å². The van der Waals surface area contributed by atoms with Gasteiger partial charge in [0.1, 0.15) is 5.82 Å². The molecule has 1 aromatic carbocycles. The molecule has 2 aliphatic rings. The number of hydrogen-bond donors (Lipinski definition) is 1. The van der Waals surface area contributed by atoms with Gasteiger partial charge >= 0.3 is 0 Å². The van der Waals surface area contributed by atoms with Crippen molar-refractivity contribution < 1.29 is 14.3 Å². The molecule has 2 fully saturated rings. The fraction of sp³-hybridized carbons (Fsp3) is 0.650. The van der Waals surface area contributed by atoms with Crippen LogP contribution in [0.4, 0.5) is 4.39 Å². The smallest absolute Gasteiger partial charge is 0.222 e. The number of aliphatic hydroxyl groups excluding tert-OH is 1. The zero-order chi connectivity index (χ0) is 17.9. The summed E-state index contributed by atoms with van der Waals surface area (Å²) in [6.07, 6.45) is 4.45. The van der Waals surface area contributed by atoms with Crippen LogP contribution in [-0.4, -0.2) is 53.6 Å². The molecule has 3 rings (SSSR count). The van der Waals surface area contributed by atoms with Crippen LogP contribution in [0, 0.1) is 18.2 Å². The number of carbonyl (C=O) groups excluding carboxylic acids is 1. The van der Waals surface area contributed by atoms with Crippen molar-refractivity contribution in [3.63, 3.8) is 0 Å². The summed E-state index contributed by atoms with van der Waals surface area (Å²) >= 11 is 0. The van der Waals surface area contributed by atoms with Crippen molar-refractivity contribution in [2.75, 3.05) is 32.8 Å². The fourth-order valence-electron chi connectivity index (χ4n) is 4.32. The van der Waals surface area contributed by atoms with Crippen molar-refractivity contribution in [2.45, 2.75) is 45.6 Å². The molecule has 0 unspecified atom stereocenters. The summed E-state index contributed by atoms with van der Waals surface area (Å²) in [6, 6.07) is 5.26. The van der Waals surface area contributed by atoms with E-state index in [1.807, 2.05) is 11.8 Å². The molecule has 4 nitrogen and oxygen atoms in total. The van der Waals surface area contributed by atoms with Gasteiger partial charge in [-0.3, -0.25) is 9.69 Å². The Labute approximate surface area is 149 Å². The van der Waals surface area contributed by atoms with Crippen LogP contribution in [0.25, 0.3) is 0 Å². The summed E-state index contributed by atoms with van der Waals surface area (Å²) < 4.78 is 13.6. The normalized spacial score (nSPS) is 21.1. The second-order valence-electron chi connectivity index (χ2n) is 7.81. The molecule has 2 saturated heterocycles. The first-order valence-corrected chi connectivity index (χ1v) is 9.37. The van der Waals surface area contributed by atoms with Gasteiger partial charge in [0, 0.05) is 32.7 Å². The molecule has 0 bridgehead atoms. The van der Waals surface area contributed by atoms with Gasteiger partial charge in [-0.15, -0.1) is 0 Å². The molecule has 1 aromatic rings. The minimum absolute atomic E-state index is 0.137. The molecular formula is C20H29FN2O2. The van der Waals surface area contributed by atoms with Crippen molar-refractivity contribution in [3.8, 4) is 0 Å². The Balaban J connectivity index is 1.56. The van der Waals surface area contributed by atoms with Crippen molar-refractivity contribution >= 4 is 5.91 Å². The van der Waals surface area contributed by atoms with E-state index in [1.54, 1.807) is 12.1 Å². The summed E-state index contributed by atoms with van der Waals surface area (Å²) in [5.41, 5.74) is 2.24. The lowest BCUT2D eigenvalue weighted by molar-refractivity contribution is -0.139. The largest absolute Gasteiger partial charge is 0.396 e. The van der Waals surface area contributed by atoms with Crippen LogP contribution in [0.15, 0.2) is 18.2 Å². The minimum Gasteiger partial charge on any atom is -0.396 e. The highest BCUT2D eigenvalue weighted by atomic mass is 19.1. The number of likely N-dealkylation sites (tertiary alicyclic amines) is 2. The number of rotatable bonds is 5. The molecule has 2 aliphatic heterocycles. The van der Waals surface area contributed by atoms with Gasteiger partial charge in [-0.05, 0) is 74.4 Å². The third-order valence-electron chi connectivity index (χ3n) is 5.76. The van der Waals surface area contributed by atoms with Crippen LogP contribution in [0.5, 0.6) is 0 Å². The van der Waals surface area contributed by atoms with E-state index in [1.165, 1.54) is 0 Å². The maximum Gasteiger partial charge on any atom is 0.222 e. The first-order valence-electron chi connectivity index (χ1n) is 9.37. The molecule has 0 saturated carbocycles. The number of aryl methyl sites for hydroxylation is 1. The number of amides is 1. The summed E-state index contributed by atoms with van der Waals surface area (Å²) in [7, 11) is 0. The van der Waals surface area contributed by atoms with Gasteiger partial charge < -0.3 is 10.0 Å². The Morgan fingerprint density at radius 2 is 1.96 bits per heavy atom. The average Bonchev–Trinajstić information content (AvgIpc) is 2.57. The van der Waals surface area contributed by atoms with E-state index in [2.05, 4.69) is 11.0 Å². The van der Waals surface area contributed by atoms with Crippen molar-refractivity contribution in [1.82, 2.24) is 9.80 Å². The summed E-state index contributed by atoms with van der Waals surface area (Å²) in [5, 5.41) is 9.03. The topological polar surface area (TPSA) is 43.8 Å². The Kier molecular flexibility index (Phi) is 5.74. The highest BCUT2D eigenvalue weighted by molar-refractivity contribution is 5.77. The Morgan fingerprint density at radius 1 is 1.20 bits per heavy atom. The van der Waals surface area contributed by atoms with Crippen LogP contribution >= 0.6 is 0 Å². The fourth-order valence-corrected chi connectivity index (χ4v) is 4.32. The average molecular weight is 348 g/mol. The molecule has 0 aromatic heterocycles. The van der Waals surface area contributed by atoms with Gasteiger partial charge in [0.05, 0.1) is 0 Å². The van der Waals surface area contributed by atoms with E-state index < -0.39 is 0 Å². The quantitative estimate of drug-likeness (QED) is 0.890. The van der Waals surface area contributed by atoms with Crippen LogP contribution in [-0.2, 0) is 11.3 Å². The number of halogens is 1. The van der Waals surface area contributed by atoms with Crippen LogP contribution in [0.3, 0.4) is 0 Å². The number of nitrogens with zero attached hydrogens (tertiary/aromatic N) is 2. The molecule has 1 spiro atoms. The van der Waals surface area contributed by atoms with Crippen molar-refractivity contribution in [1.29, 1.82) is 0 Å². The van der Waals surface area contributed by atoms with E-state index in [4.69, 9.17) is 5.11 Å². The van der Waals surface area contributed by atoms with Crippen molar-refractivity contribution in [2.24, 2.45) is 5.41 Å². The minimum atomic E-state index is -0.159. The molecule has 25 heavy (non-hydrogen) atoms. The molecule has 1 amide bonds. The van der Waals surface area contributed by atoms with E-state index in [0.29, 0.717) is 19.4 Å².